The Morgan fingerprint density at radius 3 is 2.56 bits per heavy atom. The third-order valence-electron chi connectivity index (χ3n) is 2.67. The van der Waals surface area contributed by atoms with Crippen LogP contribution in [0.3, 0.4) is 0 Å². The molecule has 1 N–H and O–H groups in total. The van der Waals surface area contributed by atoms with Crippen molar-refractivity contribution >= 4 is 0 Å². The molecule has 1 aliphatic heterocycles. The van der Waals surface area contributed by atoms with Gasteiger partial charge >= 0.3 is 0 Å². The van der Waals surface area contributed by atoms with Gasteiger partial charge in [-0.05, 0) is 23.8 Å². The van der Waals surface area contributed by atoms with E-state index in [9.17, 15) is 5.11 Å². The van der Waals surface area contributed by atoms with Crippen LogP contribution < -0.4 is 21.7 Å². The average Bonchev–Trinajstić information content (AvgIpc) is 2.27. The van der Waals surface area contributed by atoms with Gasteiger partial charge in [-0.15, -0.1) is 0 Å². The largest absolute Gasteiger partial charge is 1.00 e. The summed E-state index contributed by atoms with van der Waals surface area (Å²) in [5.41, 5.74) is 1.99. The van der Waals surface area contributed by atoms with Crippen LogP contribution in [0.5, 0.6) is 17.2 Å². The molecule has 0 atom stereocenters. The van der Waals surface area contributed by atoms with Gasteiger partial charge in [-0.1, -0.05) is 24.3 Å². The van der Waals surface area contributed by atoms with Gasteiger partial charge in [-0.3, -0.25) is 0 Å². The van der Waals surface area contributed by atoms with E-state index in [-0.39, 0.29) is 17.0 Å². The van der Waals surface area contributed by atoms with E-state index in [0.29, 0.717) is 5.75 Å². The van der Waals surface area contributed by atoms with Crippen LogP contribution in [0.15, 0.2) is 42.5 Å². The summed E-state index contributed by atoms with van der Waals surface area (Å²) in [7, 11) is 0. The summed E-state index contributed by atoms with van der Waals surface area (Å²) in [6.07, 6.45) is 0.734. The maximum atomic E-state index is 9.70. The van der Waals surface area contributed by atoms with Crippen molar-refractivity contribution in [3.63, 3.8) is 0 Å². The number of phenolic OH excluding ortho intramolecular Hbond substituents is 1. The van der Waals surface area contributed by atoms with Crippen LogP contribution in [0, 0.1) is 0 Å². The van der Waals surface area contributed by atoms with E-state index in [2.05, 4.69) is 0 Å². The summed E-state index contributed by atoms with van der Waals surface area (Å²) in [6, 6.07) is 13.3. The second-order valence-electron chi connectivity index (χ2n) is 3.64. The highest BCUT2D eigenvalue weighted by Crippen LogP contribution is 2.39. The number of aromatic hydroxyl groups is 1. The van der Waals surface area contributed by atoms with Crippen molar-refractivity contribution in [2.24, 2.45) is 0 Å². The number of para-hydroxylation sites is 1. The molecule has 0 unspecified atom stereocenters. The molecule has 3 rings (SSSR count). The fourth-order valence-corrected chi connectivity index (χ4v) is 1.89. The molecule has 0 amide bonds. The minimum absolute atomic E-state index is 0. The first-order valence-electron chi connectivity index (χ1n) is 4.91. The zero-order valence-corrected chi connectivity index (χ0v) is 10.1. The molecule has 82 valence electrons. The highest BCUT2D eigenvalue weighted by molar-refractivity contribution is 5.54. The van der Waals surface area contributed by atoms with Gasteiger partial charge in [0.05, 0.1) is 0 Å². The summed E-state index contributed by atoms with van der Waals surface area (Å²) in [5, 5.41) is 9.70. The molecule has 3 heteroatoms. The Hall–Kier alpha value is -1.48. The molecular weight excluding hydrogens is 268 g/mol. The van der Waals surface area contributed by atoms with Gasteiger partial charge in [0.15, 0.2) is 0 Å². The molecule has 1 aliphatic rings. The van der Waals surface area contributed by atoms with Gasteiger partial charge in [-0.25, -0.2) is 0 Å². The summed E-state index contributed by atoms with van der Waals surface area (Å²) in [5.74, 6) is 1.95. The van der Waals surface area contributed by atoms with Crippen molar-refractivity contribution in [1.82, 2.24) is 0 Å². The van der Waals surface area contributed by atoms with E-state index in [0.717, 1.165) is 29.0 Å². The first-order valence-corrected chi connectivity index (χ1v) is 4.91. The minimum Gasteiger partial charge on any atom is -1.00 e. The molecule has 0 saturated heterocycles. The van der Waals surface area contributed by atoms with Gasteiger partial charge in [-0.2, -0.15) is 0 Å². The number of halogens is 1. The first kappa shape index (κ1) is 11.0. The van der Waals surface area contributed by atoms with Crippen LogP contribution in [0.4, 0.5) is 0 Å². The number of hydrogen-bond donors (Lipinski definition) is 1. The van der Waals surface area contributed by atoms with Gasteiger partial charge in [0, 0.05) is 12.0 Å². The van der Waals surface area contributed by atoms with Crippen LogP contribution in [-0.4, -0.2) is 5.11 Å². The Morgan fingerprint density at radius 1 is 0.938 bits per heavy atom. The summed E-state index contributed by atoms with van der Waals surface area (Å²) >= 11 is 0. The number of ether oxygens (including phenoxy) is 1. The molecule has 0 saturated carbocycles. The van der Waals surface area contributed by atoms with Gasteiger partial charge in [0.1, 0.15) is 17.2 Å². The normalized spacial score (nSPS) is 11.8. The number of rotatable bonds is 0. The maximum absolute atomic E-state index is 9.70. The van der Waals surface area contributed by atoms with Crippen LogP contribution >= 0.6 is 0 Å². The highest BCUT2D eigenvalue weighted by atomic mass is 79.9. The quantitative estimate of drug-likeness (QED) is 0.631. The molecule has 1 heterocycles. The molecule has 0 bridgehead atoms. The smallest absolute Gasteiger partial charge is 0.134 e. The van der Waals surface area contributed by atoms with Gasteiger partial charge in [0.2, 0.25) is 0 Å². The molecule has 0 radical (unpaired) electrons. The Kier molecular flexibility index (Phi) is 2.88. The summed E-state index contributed by atoms with van der Waals surface area (Å²) in [4.78, 5) is 0. The van der Waals surface area contributed by atoms with E-state index in [4.69, 9.17) is 4.74 Å². The topological polar surface area (TPSA) is 29.5 Å². The maximum Gasteiger partial charge on any atom is 0.134 e. The van der Waals surface area contributed by atoms with Gasteiger partial charge in [0.25, 0.3) is 0 Å². The lowest BCUT2D eigenvalue weighted by Crippen LogP contribution is -3.00. The summed E-state index contributed by atoms with van der Waals surface area (Å²) < 4.78 is 5.70. The van der Waals surface area contributed by atoms with Crippen molar-refractivity contribution in [1.29, 1.82) is 0 Å². The third kappa shape index (κ3) is 1.67. The number of benzene rings is 2. The van der Waals surface area contributed by atoms with Crippen molar-refractivity contribution in [2.45, 2.75) is 6.42 Å². The van der Waals surface area contributed by atoms with E-state index in [1.54, 1.807) is 12.1 Å². The SMILES string of the molecule is Oc1cccc2c1Cc1ccccc1O2.[Br-]. The minimum atomic E-state index is 0. The molecule has 0 fully saturated rings. The van der Waals surface area contributed by atoms with Crippen LogP contribution in [0.1, 0.15) is 11.1 Å². The second-order valence-corrected chi connectivity index (χ2v) is 3.64. The lowest BCUT2D eigenvalue weighted by atomic mass is 10.00. The highest BCUT2D eigenvalue weighted by Gasteiger charge is 2.18. The molecule has 2 aromatic carbocycles. The Balaban J connectivity index is 0.000000963. The first-order chi connectivity index (χ1) is 7.34. The van der Waals surface area contributed by atoms with Crippen molar-refractivity contribution in [2.75, 3.05) is 0 Å². The van der Waals surface area contributed by atoms with Crippen molar-refractivity contribution in [3.8, 4) is 17.2 Å². The molecule has 2 aromatic rings. The predicted octanol–water partition coefficient (Wildman–Crippen LogP) is 0.0927. The molecule has 2 nitrogen and oxygen atoms in total. The van der Waals surface area contributed by atoms with Crippen molar-refractivity contribution in [3.05, 3.63) is 53.6 Å². The summed E-state index contributed by atoms with van der Waals surface area (Å²) in [6.45, 7) is 0. The molecule has 16 heavy (non-hydrogen) atoms. The molecule has 0 spiro atoms. The Bertz CT molecular complexity index is 523. The fourth-order valence-electron chi connectivity index (χ4n) is 1.89. The molecule has 0 aliphatic carbocycles. The lowest BCUT2D eigenvalue weighted by Gasteiger charge is -2.20. The number of phenols is 1. The van der Waals surface area contributed by atoms with Gasteiger partial charge < -0.3 is 26.8 Å². The molecular formula is C13H10BrO2-. The third-order valence-corrected chi connectivity index (χ3v) is 2.67. The molecule has 0 aromatic heterocycles. The zero-order valence-electron chi connectivity index (χ0n) is 8.48. The van der Waals surface area contributed by atoms with Crippen molar-refractivity contribution < 1.29 is 26.8 Å². The predicted molar refractivity (Wildman–Crippen MR) is 57.4 cm³/mol. The Labute approximate surface area is 104 Å². The fraction of sp³-hybridized carbons (Fsp3) is 0.0769. The number of hydrogen-bond acceptors (Lipinski definition) is 2. The monoisotopic (exact) mass is 277 g/mol. The Morgan fingerprint density at radius 2 is 1.69 bits per heavy atom. The lowest BCUT2D eigenvalue weighted by molar-refractivity contribution is -0.00000444. The van der Waals surface area contributed by atoms with E-state index in [1.807, 2.05) is 30.3 Å². The van der Waals surface area contributed by atoms with Crippen LogP contribution in [0.25, 0.3) is 0 Å². The second kappa shape index (κ2) is 4.18. The van der Waals surface area contributed by atoms with Crippen LogP contribution in [0.2, 0.25) is 0 Å². The number of fused-ring (bicyclic) bond motifs is 2. The zero-order chi connectivity index (χ0) is 10.3. The van der Waals surface area contributed by atoms with Crippen LogP contribution in [-0.2, 0) is 6.42 Å². The standard InChI is InChI=1S/C13H10O2.BrH/c14-11-5-3-7-13-10(11)8-9-4-1-2-6-12(9)15-13;/h1-7,14H,8H2;1H/p-1. The van der Waals surface area contributed by atoms with E-state index >= 15 is 0 Å². The van der Waals surface area contributed by atoms with E-state index < -0.39 is 0 Å². The average molecular weight is 278 g/mol. The van der Waals surface area contributed by atoms with E-state index in [1.165, 1.54) is 0 Å².